The zero-order valence-electron chi connectivity index (χ0n) is 30.8. The van der Waals surface area contributed by atoms with Gasteiger partial charge in [0.1, 0.15) is 24.2 Å². The Balaban J connectivity index is 1.08. The highest BCUT2D eigenvalue weighted by Gasteiger charge is 2.59. The number of carbonyl (C=O) groups excluding carboxylic acids is 1. The fourth-order valence-electron chi connectivity index (χ4n) is 10.00. The molecule has 1 N–H and O–H groups in total. The van der Waals surface area contributed by atoms with Crippen molar-refractivity contribution in [2.75, 3.05) is 25.0 Å². The van der Waals surface area contributed by atoms with Gasteiger partial charge in [-0.2, -0.15) is 13.2 Å². The van der Waals surface area contributed by atoms with E-state index < -0.39 is 17.6 Å². The Labute approximate surface area is 316 Å². The van der Waals surface area contributed by atoms with Crippen LogP contribution in [0.15, 0.2) is 97.1 Å². The van der Waals surface area contributed by atoms with Gasteiger partial charge in [-0.1, -0.05) is 73.7 Å². The molecule has 4 aromatic rings. The van der Waals surface area contributed by atoms with Crippen molar-refractivity contribution in [2.24, 2.45) is 17.3 Å². The summed E-state index contributed by atoms with van der Waals surface area (Å²) in [6.07, 6.45) is 1.41. The van der Waals surface area contributed by atoms with Gasteiger partial charge in [0, 0.05) is 11.3 Å². The first kappa shape index (κ1) is 36.6. The van der Waals surface area contributed by atoms with Gasteiger partial charge in [0.25, 0.3) is 0 Å². The zero-order chi connectivity index (χ0) is 37.3. The van der Waals surface area contributed by atoms with Gasteiger partial charge in [-0.05, 0) is 122 Å². The monoisotopic (exact) mass is 738 g/mol. The summed E-state index contributed by atoms with van der Waals surface area (Å²) in [7, 11) is 0. The summed E-state index contributed by atoms with van der Waals surface area (Å²) in [6.45, 7) is 4.92. The van der Waals surface area contributed by atoms with Gasteiger partial charge < -0.3 is 19.5 Å². The number of aryl methyl sites for hydroxylation is 1. The first-order chi connectivity index (χ1) is 26.1. The topological polar surface area (TPSA) is 60.0 Å². The molecule has 1 aliphatic heterocycles. The van der Waals surface area contributed by atoms with Crippen LogP contribution in [-0.4, -0.2) is 42.6 Å². The first-order valence-electron chi connectivity index (χ1n) is 19.5. The molecular formula is C45H49F3N2O4. The van der Waals surface area contributed by atoms with Crippen LogP contribution in [0.2, 0.25) is 0 Å². The second-order valence-electron chi connectivity index (χ2n) is 15.9. The molecule has 6 nitrogen and oxygen atoms in total. The molecule has 3 fully saturated rings. The zero-order valence-corrected chi connectivity index (χ0v) is 30.8. The molecular weight excluding hydrogens is 689 g/mol. The van der Waals surface area contributed by atoms with E-state index in [1.54, 1.807) is 6.07 Å². The number of amides is 1. The highest BCUT2D eigenvalue weighted by molar-refractivity contribution is 5.93. The number of rotatable bonds is 11. The third-order valence-electron chi connectivity index (χ3n) is 12.5. The molecule has 8 rings (SSSR count). The Morgan fingerprint density at radius 1 is 0.852 bits per heavy atom. The van der Waals surface area contributed by atoms with Crippen LogP contribution in [0.1, 0.15) is 79.2 Å². The normalized spacial score (nSPS) is 26.4. The molecule has 2 saturated carbocycles. The lowest BCUT2D eigenvalue weighted by atomic mass is 9.54. The average molecular weight is 739 g/mol. The maximum atomic E-state index is 14.6. The lowest BCUT2D eigenvalue weighted by molar-refractivity contribution is -0.137. The molecule has 54 heavy (non-hydrogen) atoms. The van der Waals surface area contributed by atoms with Crippen LogP contribution in [0.3, 0.4) is 0 Å². The van der Waals surface area contributed by atoms with E-state index in [0.29, 0.717) is 25.6 Å². The molecule has 9 heteroatoms. The van der Waals surface area contributed by atoms with E-state index in [1.165, 1.54) is 17.2 Å². The Kier molecular flexibility index (Phi) is 10.5. The van der Waals surface area contributed by atoms with Gasteiger partial charge in [-0.25, -0.2) is 0 Å². The van der Waals surface area contributed by atoms with Crippen molar-refractivity contribution in [2.45, 2.75) is 89.4 Å². The fourth-order valence-corrected chi connectivity index (χ4v) is 10.00. The van der Waals surface area contributed by atoms with Crippen LogP contribution < -0.4 is 14.8 Å². The minimum Gasteiger partial charge on any atom is -0.490 e. The first-order valence-corrected chi connectivity index (χ1v) is 19.5. The number of fused-ring (bicyclic) bond motifs is 5. The lowest BCUT2D eigenvalue weighted by Crippen LogP contribution is -2.52. The van der Waals surface area contributed by atoms with Gasteiger partial charge in [0.05, 0.1) is 30.5 Å². The van der Waals surface area contributed by atoms with Crippen LogP contribution in [0, 0.1) is 17.3 Å². The van der Waals surface area contributed by atoms with Crippen molar-refractivity contribution in [3.63, 3.8) is 0 Å². The van der Waals surface area contributed by atoms with Crippen molar-refractivity contribution in [1.82, 2.24) is 4.90 Å². The minimum absolute atomic E-state index is 0.00273. The predicted octanol–water partition coefficient (Wildman–Crippen LogP) is 9.82. The third kappa shape index (κ3) is 7.76. The summed E-state index contributed by atoms with van der Waals surface area (Å²) in [4.78, 5) is 14.8. The molecule has 1 saturated heterocycles. The summed E-state index contributed by atoms with van der Waals surface area (Å²) in [5, 5.41) is 2.54. The number of ether oxygens (including phenoxy) is 3. The summed E-state index contributed by atoms with van der Waals surface area (Å²) >= 11 is 0. The lowest BCUT2D eigenvalue weighted by Gasteiger charge is -2.53. The molecule has 3 aliphatic carbocycles. The molecule has 1 amide bonds. The molecule has 0 spiro atoms. The summed E-state index contributed by atoms with van der Waals surface area (Å²) in [5.74, 6) is 1.19. The Morgan fingerprint density at radius 2 is 1.56 bits per heavy atom. The maximum Gasteiger partial charge on any atom is 0.418 e. The van der Waals surface area contributed by atoms with Crippen molar-refractivity contribution in [1.29, 1.82) is 0 Å². The second-order valence-corrected chi connectivity index (χ2v) is 15.9. The van der Waals surface area contributed by atoms with E-state index in [-0.39, 0.29) is 47.4 Å². The highest BCUT2D eigenvalue weighted by atomic mass is 19.4. The second kappa shape index (κ2) is 15.4. The minimum atomic E-state index is -4.68. The molecule has 284 valence electrons. The highest BCUT2D eigenvalue weighted by Crippen LogP contribution is 2.62. The number of alkyl halides is 3. The SMILES string of the molecule is C[C@]12C[C@H](Oc3ccc(NC(=O)CN4CCCC4)c(C(F)(F)F)c3)[C@@H]3c4ccc(OCc5ccccc5)cc4CC[C@H]3[C@@H]1CC[C@@H]2OCc1ccccc1. The molecule has 4 aliphatic rings. The largest absolute Gasteiger partial charge is 0.490 e. The number of likely N-dealkylation sites (tertiary alicyclic amines) is 1. The van der Waals surface area contributed by atoms with Crippen molar-refractivity contribution in [3.05, 3.63) is 125 Å². The van der Waals surface area contributed by atoms with Crippen LogP contribution in [-0.2, 0) is 35.3 Å². The van der Waals surface area contributed by atoms with Crippen LogP contribution in [0.5, 0.6) is 11.5 Å². The number of carbonyl (C=O) groups is 1. The fraction of sp³-hybridized carbons (Fsp3) is 0.444. The molecule has 0 aromatic heterocycles. The molecule has 0 bridgehead atoms. The average Bonchev–Trinajstić information content (AvgIpc) is 3.80. The summed E-state index contributed by atoms with van der Waals surface area (Å²) < 4.78 is 63.5. The molecule has 0 radical (unpaired) electrons. The predicted molar refractivity (Wildman–Crippen MR) is 202 cm³/mol. The Morgan fingerprint density at radius 3 is 2.28 bits per heavy atom. The molecule has 1 heterocycles. The number of benzene rings is 4. The number of halogens is 3. The van der Waals surface area contributed by atoms with Crippen molar-refractivity contribution in [3.8, 4) is 11.5 Å². The van der Waals surface area contributed by atoms with E-state index in [4.69, 9.17) is 14.2 Å². The van der Waals surface area contributed by atoms with E-state index in [0.717, 1.165) is 74.6 Å². The number of anilines is 1. The molecule has 0 unspecified atom stereocenters. The van der Waals surface area contributed by atoms with Crippen LogP contribution in [0.4, 0.5) is 18.9 Å². The Hall–Kier alpha value is -4.34. The van der Waals surface area contributed by atoms with Crippen molar-refractivity contribution >= 4 is 11.6 Å². The van der Waals surface area contributed by atoms with Gasteiger partial charge in [-0.15, -0.1) is 0 Å². The maximum absolute atomic E-state index is 14.6. The van der Waals surface area contributed by atoms with E-state index in [9.17, 15) is 18.0 Å². The molecule has 6 atom stereocenters. The number of hydrogen-bond donors (Lipinski definition) is 1. The smallest absolute Gasteiger partial charge is 0.418 e. The van der Waals surface area contributed by atoms with Gasteiger partial charge >= 0.3 is 6.18 Å². The van der Waals surface area contributed by atoms with Gasteiger partial charge in [0.15, 0.2) is 0 Å². The standard InChI is InChI=1S/C45H49F3N2O4/c1-44-26-40(54-34-16-20-39(38(25-34)45(46,47)48)49-42(51)27-50-22-8-9-23-50)43-35-18-15-33(52-28-30-10-4-2-5-11-30)24-32(35)14-17-36(43)37(44)19-21-41(44)53-29-31-12-6-3-7-13-31/h2-7,10-13,15-16,18,20,24-25,36-37,40-41,43H,8-9,14,17,19,21-23,26-29H2,1H3,(H,49,51)/t36-,37-,40-,41-,43+,44-/m0/s1. The van der Waals surface area contributed by atoms with Gasteiger partial charge in [-0.3, -0.25) is 9.69 Å². The third-order valence-corrected chi connectivity index (χ3v) is 12.5. The van der Waals surface area contributed by atoms with Crippen LogP contribution >= 0.6 is 0 Å². The van der Waals surface area contributed by atoms with Crippen molar-refractivity contribution < 1.29 is 32.2 Å². The number of nitrogens with zero attached hydrogens (tertiary/aromatic N) is 1. The van der Waals surface area contributed by atoms with Crippen LogP contribution in [0.25, 0.3) is 0 Å². The molecule has 4 aromatic carbocycles. The van der Waals surface area contributed by atoms with E-state index >= 15 is 0 Å². The number of hydrogen-bond acceptors (Lipinski definition) is 5. The Bertz CT molecular complexity index is 1920. The van der Waals surface area contributed by atoms with Gasteiger partial charge in [0.2, 0.25) is 5.91 Å². The quantitative estimate of drug-likeness (QED) is 0.166. The number of nitrogens with one attached hydrogen (secondary N) is 1. The van der Waals surface area contributed by atoms with E-state index in [1.807, 2.05) is 59.5 Å². The van der Waals surface area contributed by atoms with E-state index in [2.05, 4.69) is 36.5 Å². The summed E-state index contributed by atoms with van der Waals surface area (Å²) in [6, 6.07) is 30.6. The summed E-state index contributed by atoms with van der Waals surface area (Å²) in [5.41, 5.74) is 3.25.